The Balaban J connectivity index is 2.14. The third-order valence-corrected chi connectivity index (χ3v) is 3.64. The van der Waals surface area contributed by atoms with E-state index < -0.39 is 11.6 Å². The van der Waals surface area contributed by atoms with Crippen molar-refractivity contribution >= 4 is 5.91 Å². The van der Waals surface area contributed by atoms with Crippen molar-refractivity contribution < 1.29 is 13.6 Å². The fraction of sp³-hybridized carbons (Fsp3) is 0.105. The van der Waals surface area contributed by atoms with E-state index in [1.54, 1.807) is 6.07 Å². The molecule has 0 aliphatic carbocycles. The second kappa shape index (κ2) is 6.66. The van der Waals surface area contributed by atoms with Gasteiger partial charge in [-0.2, -0.15) is 0 Å². The van der Waals surface area contributed by atoms with Gasteiger partial charge in [-0.05, 0) is 30.7 Å². The Bertz CT molecular complexity index is 852. The molecule has 5 heteroatoms. The van der Waals surface area contributed by atoms with Gasteiger partial charge < -0.3 is 10.3 Å². The van der Waals surface area contributed by atoms with Gasteiger partial charge >= 0.3 is 0 Å². The molecule has 0 aliphatic rings. The first-order valence-corrected chi connectivity index (χ1v) is 7.61. The maximum atomic E-state index is 13.5. The summed E-state index contributed by atoms with van der Waals surface area (Å²) in [5.41, 5.74) is 2.69. The topological polar surface area (TPSA) is 44.9 Å². The second-order valence-electron chi connectivity index (χ2n) is 5.36. The Morgan fingerprint density at radius 3 is 2.29 bits per heavy atom. The van der Waals surface area contributed by atoms with Crippen LogP contribution in [0.25, 0.3) is 22.5 Å². The summed E-state index contributed by atoms with van der Waals surface area (Å²) in [6.45, 7) is 2.32. The van der Waals surface area contributed by atoms with Crippen LogP contribution in [0.15, 0.2) is 54.6 Å². The zero-order valence-corrected chi connectivity index (χ0v) is 13.1. The molecule has 1 amide bonds. The quantitative estimate of drug-likeness (QED) is 0.734. The minimum Gasteiger partial charge on any atom is -0.354 e. The lowest BCUT2D eigenvalue weighted by Crippen LogP contribution is -2.22. The van der Waals surface area contributed by atoms with Crippen LogP contribution in [0.4, 0.5) is 8.78 Å². The number of hydrogen-bond donors (Lipinski definition) is 2. The predicted octanol–water partition coefficient (Wildman–Crippen LogP) is 4.38. The summed E-state index contributed by atoms with van der Waals surface area (Å²) >= 11 is 0. The molecule has 0 unspecified atom stereocenters. The molecule has 122 valence electrons. The average molecular weight is 326 g/mol. The largest absolute Gasteiger partial charge is 0.354 e. The van der Waals surface area contributed by atoms with E-state index in [0.29, 0.717) is 29.1 Å². The number of H-pyrrole nitrogens is 1. The van der Waals surface area contributed by atoms with Crippen LogP contribution in [0.3, 0.4) is 0 Å². The average Bonchev–Trinajstić information content (AvgIpc) is 3.00. The van der Waals surface area contributed by atoms with Gasteiger partial charge in [-0.25, -0.2) is 8.78 Å². The Morgan fingerprint density at radius 1 is 1.00 bits per heavy atom. The van der Waals surface area contributed by atoms with Gasteiger partial charge in [0.15, 0.2) is 0 Å². The van der Waals surface area contributed by atoms with Gasteiger partial charge in [-0.3, -0.25) is 4.79 Å². The molecule has 0 spiro atoms. The van der Waals surface area contributed by atoms with Crippen LogP contribution in [0.2, 0.25) is 0 Å². The minimum atomic E-state index is -0.666. The first kappa shape index (κ1) is 15.9. The molecule has 1 heterocycles. The van der Waals surface area contributed by atoms with E-state index in [9.17, 15) is 13.6 Å². The van der Waals surface area contributed by atoms with Crippen LogP contribution in [-0.4, -0.2) is 17.4 Å². The summed E-state index contributed by atoms with van der Waals surface area (Å²) in [4.78, 5) is 15.5. The van der Waals surface area contributed by atoms with Crippen LogP contribution in [-0.2, 0) is 0 Å². The monoisotopic (exact) mass is 326 g/mol. The molecule has 0 saturated carbocycles. The molecule has 2 N–H and O–H groups in total. The number of hydrogen-bond acceptors (Lipinski definition) is 1. The molecule has 0 radical (unpaired) electrons. The fourth-order valence-corrected chi connectivity index (χ4v) is 2.59. The number of rotatable bonds is 4. The number of nitrogens with one attached hydrogen (secondary N) is 2. The van der Waals surface area contributed by atoms with Crippen LogP contribution in [0, 0.1) is 11.6 Å². The van der Waals surface area contributed by atoms with Crippen molar-refractivity contribution in [2.24, 2.45) is 0 Å². The van der Waals surface area contributed by atoms with E-state index in [-0.39, 0.29) is 5.91 Å². The molecule has 2 aromatic carbocycles. The highest BCUT2D eigenvalue weighted by atomic mass is 19.1. The summed E-state index contributed by atoms with van der Waals surface area (Å²) in [5, 5.41) is 2.75. The second-order valence-corrected chi connectivity index (χ2v) is 5.36. The summed E-state index contributed by atoms with van der Waals surface area (Å²) < 4.78 is 27.0. The van der Waals surface area contributed by atoms with E-state index in [0.717, 1.165) is 11.6 Å². The van der Waals surface area contributed by atoms with Crippen molar-refractivity contribution in [3.63, 3.8) is 0 Å². The third kappa shape index (κ3) is 3.20. The van der Waals surface area contributed by atoms with Crippen molar-refractivity contribution in [2.75, 3.05) is 6.54 Å². The molecule has 0 aliphatic heterocycles. The molecular formula is C19H16F2N2O. The van der Waals surface area contributed by atoms with Gasteiger partial charge in [0.05, 0.1) is 11.3 Å². The Hall–Kier alpha value is -2.95. The van der Waals surface area contributed by atoms with Gasteiger partial charge in [0.1, 0.15) is 11.6 Å². The van der Waals surface area contributed by atoms with Crippen molar-refractivity contribution in [2.45, 2.75) is 6.92 Å². The maximum Gasteiger partial charge on any atom is 0.253 e. The SMILES string of the molecule is CCNC(=O)c1cc(-c2cc(F)cc(F)c2)[nH]c1-c1ccccc1. The highest BCUT2D eigenvalue weighted by Crippen LogP contribution is 2.29. The Morgan fingerprint density at radius 2 is 1.67 bits per heavy atom. The van der Waals surface area contributed by atoms with E-state index in [1.807, 2.05) is 37.3 Å². The molecule has 0 saturated heterocycles. The normalized spacial score (nSPS) is 10.6. The van der Waals surface area contributed by atoms with Crippen LogP contribution >= 0.6 is 0 Å². The van der Waals surface area contributed by atoms with Gasteiger partial charge in [0.25, 0.3) is 5.91 Å². The Kier molecular flexibility index (Phi) is 4.42. The maximum absolute atomic E-state index is 13.5. The highest BCUT2D eigenvalue weighted by Gasteiger charge is 2.17. The summed E-state index contributed by atoms with van der Waals surface area (Å²) in [6, 6.07) is 14.2. The summed E-state index contributed by atoms with van der Waals surface area (Å²) in [7, 11) is 0. The standard InChI is InChI=1S/C19H16F2N2O/c1-2-22-19(24)16-11-17(13-8-14(20)10-15(21)9-13)23-18(16)12-6-4-3-5-7-12/h3-11,23H,2H2,1H3,(H,22,24). The number of halogens is 2. The first-order valence-electron chi connectivity index (χ1n) is 7.61. The number of aromatic nitrogens is 1. The highest BCUT2D eigenvalue weighted by molar-refractivity contribution is 6.01. The first-order chi connectivity index (χ1) is 11.6. The number of carbonyl (C=O) groups is 1. The van der Waals surface area contributed by atoms with Gasteiger partial charge in [-0.15, -0.1) is 0 Å². The van der Waals surface area contributed by atoms with Crippen molar-refractivity contribution in [1.29, 1.82) is 0 Å². The molecular weight excluding hydrogens is 310 g/mol. The third-order valence-electron chi connectivity index (χ3n) is 3.64. The van der Waals surface area contributed by atoms with E-state index >= 15 is 0 Å². The lowest BCUT2D eigenvalue weighted by molar-refractivity contribution is 0.0956. The van der Waals surface area contributed by atoms with Gasteiger partial charge in [-0.1, -0.05) is 30.3 Å². The van der Waals surface area contributed by atoms with Crippen LogP contribution in [0.5, 0.6) is 0 Å². The van der Waals surface area contributed by atoms with Gasteiger partial charge in [0, 0.05) is 23.9 Å². The van der Waals surface area contributed by atoms with Crippen molar-refractivity contribution in [3.05, 3.63) is 71.8 Å². The van der Waals surface area contributed by atoms with Crippen LogP contribution < -0.4 is 5.32 Å². The summed E-state index contributed by atoms with van der Waals surface area (Å²) in [5.74, 6) is -1.57. The lowest BCUT2D eigenvalue weighted by Gasteiger charge is -2.04. The zero-order chi connectivity index (χ0) is 17.1. The van der Waals surface area contributed by atoms with Gasteiger partial charge in [0.2, 0.25) is 0 Å². The van der Waals surface area contributed by atoms with Crippen molar-refractivity contribution in [1.82, 2.24) is 10.3 Å². The number of amides is 1. The zero-order valence-electron chi connectivity index (χ0n) is 13.1. The molecule has 3 aromatic rings. The summed E-state index contributed by atoms with van der Waals surface area (Å²) in [6.07, 6.45) is 0. The van der Waals surface area contributed by atoms with E-state index in [1.165, 1.54) is 12.1 Å². The van der Waals surface area contributed by atoms with Crippen molar-refractivity contribution in [3.8, 4) is 22.5 Å². The molecule has 1 aromatic heterocycles. The molecule has 3 nitrogen and oxygen atoms in total. The van der Waals surface area contributed by atoms with Crippen LogP contribution in [0.1, 0.15) is 17.3 Å². The lowest BCUT2D eigenvalue weighted by atomic mass is 10.1. The smallest absolute Gasteiger partial charge is 0.253 e. The Labute approximate surface area is 138 Å². The fourth-order valence-electron chi connectivity index (χ4n) is 2.59. The molecule has 24 heavy (non-hydrogen) atoms. The van der Waals surface area contributed by atoms with E-state index in [4.69, 9.17) is 0 Å². The number of benzene rings is 2. The predicted molar refractivity (Wildman–Crippen MR) is 89.6 cm³/mol. The molecule has 0 atom stereocenters. The molecule has 0 fully saturated rings. The number of aromatic amines is 1. The molecule has 0 bridgehead atoms. The molecule has 3 rings (SSSR count). The minimum absolute atomic E-state index is 0.240. The van der Waals surface area contributed by atoms with E-state index in [2.05, 4.69) is 10.3 Å². The number of carbonyl (C=O) groups excluding carboxylic acids is 1.